The van der Waals surface area contributed by atoms with Gasteiger partial charge in [-0.2, -0.15) is 4.31 Å². The number of para-hydroxylation sites is 1. The number of carbonyl (C=O) groups is 1. The highest BCUT2D eigenvalue weighted by atomic mass is 32.2. The van der Waals surface area contributed by atoms with Gasteiger partial charge in [0.05, 0.1) is 10.8 Å². The highest BCUT2D eigenvalue weighted by Gasteiger charge is 2.33. The van der Waals surface area contributed by atoms with Crippen LogP contribution in [0.1, 0.15) is 37.3 Å². The Kier molecular flexibility index (Phi) is 6.86. The van der Waals surface area contributed by atoms with Crippen LogP contribution in [0.2, 0.25) is 0 Å². The molecule has 0 bridgehead atoms. The molecule has 0 radical (unpaired) electrons. The van der Waals surface area contributed by atoms with Gasteiger partial charge in [-0.05, 0) is 63.3 Å². The minimum atomic E-state index is -3.57. The van der Waals surface area contributed by atoms with Gasteiger partial charge in [-0.25, -0.2) is 8.42 Å². The van der Waals surface area contributed by atoms with Gasteiger partial charge >= 0.3 is 0 Å². The van der Waals surface area contributed by atoms with Gasteiger partial charge in [0, 0.05) is 37.9 Å². The van der Waals surface area contributed by atoms with E-state index in [-0.39, 0.29) is 18.4 Å². The third-order valence-corrected chi connectivity index (χ3v) is 8.52. The Hall–Kier alpha value is -2.38. The summed E-state index contributed by atoms with van der Waals surface area (Å²) in [4.78, 5) is 15.5. The van der Waals surface area contributed by atoms with Crippen LogP contribution in [-0.4, -0.2) is 50.9 Å². The largest absolute Gasteiger partial charge is 0.368 e. The molecule has 32 heavy (non-hydrogen) atoms. The van der Waals surface area contributed by atoms with E-state index in [1.54, 1.807) is 24.3 Å². The Morgan fingerprint density at radius 3 is 2.66 bits per heavy atom. The van der Waals surface area contributed by atoms with Gasteiger partial charge < -0.3 is 10.2 Å². The first kappa shape index (κ1) is 22.8. The molecule has 0 spiro atoms. The van der Waals surface area contributed by atoms with Gasteiger partial charge in [0.15, 0.2) is 0 Å². The van der Waals surface area contributed by atoms with Crippen LogP contribution in [0.3, 0.4) is 0 Å². The molecule has 1 fully saturated rings. The molecule has 6 nitrogen and oxygen atoms in total. The first-order valence-corrected chi connectivity index (χ1v) is 13.0. The molecule has 0 unspecified atom stereocenters. The number of carbonyl (C=O) groups excluding carboxylic acids is 1. The van der Waals surface area contributed by atoms with Gasteiger partial charge in [-0.3, -0.25) is 4.79 Å². The van der Waals surface area contributed by atoms with Crippen molar-refractivity contribution >= 4 is 21.6 Å². The summed E-state index contributed by atoms with van der Waals surface area (Å²) >= 11 is 0. The fraction of sp³-hybridized carbons (Fsp3) is 0.480. The SMILES string of the molecule is Cc1ccc(S(=O)(=O)N2CCC[C@H](C(=O)NCCCN3c4ccccc4C[C@@H]3C)C2)cc1. The molecule has 2 aromatic rings. The number of fused-ring (bicyclic) bond motifs is 1. The molecule has 7 heteroatoms. The molecular weight excluding hydrogens is 422 g/mol. The summed E-state index contributed by atoms with van der Waals surface area (Å²) < 4.78 is 27.5. The molecular formula is C25H33N3O3S. The normalized spacial score (nSPS) is 21.4. The second-order valence-corrected chi connectivity index (χ2v) is 11.0. The number of hydrogen-bond acceptors (Lipinski definition) is 4. The number of amides is 1. The topological polar surface area (TPSA) is 69.7 Å². The molecule has 0 saturated carbocycles. The van der Waals surface area contributed by atoms with Crippen molar-refractivity contribution in [1.82, 2.24) is 9.62 Å². The fourth-order valence-corrected chi connectivity index (χ4v) is 6.33. The summed E-state index contributed by atoms with van der Waals surface area (Å²) in [6.45, 7) is 6.39. The summed E-state index contributed by atoms with van der Waals surface area (Å²) in [7, 11) is -3.57. The van der Waals surface area contributed by atoms with Crippen LogP contribution in [-0.2, 0) is 21.2 Å². The first-order chi connectivity index (χ1) is 15.4. The molecule has 2 heterocycles. The van der Waals surface area contributed by atoms with Crippen molar-refractivity contribution in [3.63, 3.8) is 0 Å². The Labute approximate surface area is 191 Å². The second-order valence-electron chi connectivity index (χ2n) is 9.04. The predicted octanol–water partition coefficient (Wildman–Crippen LogP) is 3.35. The molecule has 0 aromatic heterocycles. The summed E-state index contributed by atoms with van der Waals surface area (Å²) in [6, 6.07) is 15.9. The molecule has 2 aromatic carbocycles. The molecule has 4 rings (SSSR count). The number of piperidine rings is 1. The molecule has 2 aliphatic rings. The van der Waals surface area contributed by atoms with Gasteiger partial charge in [-0.15, -0.1) is 0 Å². The number of rotatable bonds is 7. The van der Waals surface area contributed by atoms with Crippen LogP contribution in [0.15, 0.2) is 53.4 Å². The zero-order valence-corrected chi connectivity index (χ0v) is 19.8. The second kappa shape index (κ2) is 9.63. The van der Waals surface area contributed by atoms with Crippen molar-refractivity contribution in [2.24, 2.45) is 5.92 Å². The van der Waals surface area contributed by atoms with Crippen LogP contribution in [0.5, 0.6) is 0 Å². The molecule has 1 N–H and O–H groups in total. The van der Waals surface area contributed by atoms with E-state index >= 15 is 0 Å². The Balaban J connectivity index is 1.28. The maximum Gasteiger partial charge on any atom is 0.243 e. The minimum absolute atomic E-state index is 0.0383. The molecule has 2 atom stereocenters. The number of benzene rings is 2. The molecule has 0 aliphatic carbocycles. The quantitative estimate of drug-likeness (QED) is 0.650. The van der Waals surface area contributed by atoms with Crippen LogP contribution >= 0.6 is 0 Å². The maximum atomic E-state index is 13.0. The third-order valence-electron chi connectivity index (χ3n) is 6.64. The average Bonchev–Trinajstić information content (AvgIpc) is 3.12. The molecule has 1 saturated heterocycles. The van der Waals surface area contributed by atoms with Gasteiger partial charge in [-0.1, -0.05) is 35.9 Å². The number of nitrogens with one attached hydrogen (secondary N) is 1. The molecule has 2 aliphatic heterocycles. The zero-order valence-electron chi connectivity index (χ0n) is 19.0. The average molecular weight is 456 g/mol. The van der Waals surface area contributed by atoms with E-state index in [0.29, 0.717) is 30.4 Å². The van der Waals surface area contributed by atoms with Gasteiger partial charge in [0.25, 0.3) is 0 Å². The summed E-state index contributed by atoms with van der Waals surface area (Å²) in [5.74, 6) is -0.334. The van der Waals surface area contributed by atoms with E-state index in [1.165, 1.54) is 15.6 Å². The van der Waals surface area contributed by atoms with Crippen molar-refractivity contribution in [3.05, 3.63) is 59.7 Å². The van der Waals surface area contributed by atoms with Crippen molar-refractivity contribution in [2.75, 3.05) is 31.1 Å². The number of nitrogens with zero attached hydrogens (tertiary/aromatic N) is 2. The van der Waals surface area contributed by atoms with E-state index in [9.17, 15) is 13.2 Å². The van der Waals surface area contributed by atoms with Gasteiger partial charge in [0.1, 0.15) is 0 Å². The number of anilines is 1. The number of sulfonamides is 1. The molecule has 1 amide bonds. The van der Waals surface area contributed by atoms with Gasteiger partial charge in [0.2, 0.25) is 15.9 Å². The van der Waals surface area contributed by atoms with Crippen molar-refractivity contribution < 1.29 is 13.2 Å². The zero-order chi connectivity index (χ0) is 22.7. The lowest BCUT2D eigenvalue weighted by atomic mass is 9.99. The number of hydrogen-bond donors (Lipinski definition) is 1. The van der Waals surface area contributed by atoms with Crippen LogP contribution in [0, 0.1) is 12.8 Å². The maximum absolute atomic E-state index is 13.0. The van der Waals surface area contributed by atoms with Crippen LogP contribution in [0.25, 0.3) is 0 Å². The molecule has 172 valence electrons. The van der Waals surface area contributed by atoms with Crippen LogP contribution < -0.4 is 10.2 Å². The minimum Gasteiger partial charge on any atom is -0.368 e. The third kappa shape index (κ3) is 4.84. The summed E-state index contributed by atoms with van der Waals surface area (Å²) in [5, 5.41) is 3.05. The Morgan fingerprint density at radius 1 is 1.12 bits per heavy atom. The van der Waals surface area contributed by atoms with E-state index in [4.69, 9.17) is 0 Å². The van der Waals surface area contributed by atoms with E-state index in [0.717, 1.165) is 31.4 Å². The summed E-state index contributed by atoms with van der Waals surface area (Å²) in [5.41, 5.74) is 3.71. The Morgan fingerprint density at radius 2 is 1.88 bits per heavy atom. The lowest BCUT2D eigenvalue weighted by molar-refractivity contribution is -0.126. The fourth-order valence-electron chi connectivity index (χ4n) is 4.81. The lowest BCUT2D eigenvalue weighted by Crippen LogP contribution is -2.45. The van der Waals surface area contributed by atoms with Crippen LogP contribution in [0.4, 0.5) is 5.69 Å². The smallest absolute Gasteiger partial charge is 0.243 e. The summed E-state index contributed by atoms with van der Waals surface area (Å²) in [6.07, 6.45) is 3.35. The highest BCUT2D eigenvalue weighted by molar-refractivity contribution is 7.89. The first-order valence-electron chi connectivity index (χ1n) is 11.6. The van der Waals surface area contributed by atoms with Crippen molar-refractivity contribution in [2.45, 2.75) is 50.5 Å². The van der Waals surface area contributed by atoms with Crippen molar-refractivity contribution in [1.29, 1.82) is 0 Å². The highest BCUT2D eigenvalue weighted by Crippen LogP contribution is 2.31. The standard InChI is InChI=1S/C25H33N3O3S/c1-19-10-12-23(13-11-19)32(30,31)27-15-5-8-22(18-27)25(29)26-14-6-16-28-20(2)17-21-7-3-4-9-24(21)28/h3-4,7,9-13,20,22H,5-6,8,14-18H2,1-2H3,(H,26,29)/t20-,22-/m0/s1. The Bertz CT molecular complexity index is 1050. The van der Waals surface area contributed by atoms with E-state index in [2.05, 4.69) is 41.4 Å². The lowest BCUT2D eigenvalue weighted by Gasteiger charge is -2.31. The van der Waals surface area contributed by atoms with Crippen molar-refractivity contribution in [3.8, 4) is 0 Å². The number of aryl methyl sites for hydroxylation is 1. The van der Waals surface area contributed by atoms with E-state index < -0.39 is 10.0 Å². The van der Waals surface area contributed by atoms with E-state index in [1.807, 2.05) is 6.92 Å². The monoisotopic (exact) mass is 455 g/mol. The predicted molar refractivity (Wildman–Crippen MR) is 127 cm³/mol.